The van der Waals surface area contributed by atoms with Crippen LogP contribution in [0.4, 0.5) is 8.78 Å². The molecule has 19 heavy (non-hydrogen) atoms. The Labute approximate surface area is 121 Å². The van der Waals surface area contributed by atoms with E-state index in [9.17, 15) is 8.78 Å². The zero-order chi connectivity index (χ0) is 13.8. The van der Waals surface area contributed by atoms with E-state index < -0.39 is 11.6 Å². The first-order chi connectivity index (χ1) is 9.15. The minimum Gasteiger partial charge on any atom is -0.310 e. The predicted octanol–water partition coefficient (Wildman–Crippen LogP) is 4.88. The van der Waals surface area contributed by atoms with Gasteiger partial charge in [-0.15, -0.1) is 0 Å². The SMILES string of the molecule is CNC(C1=CCCCCC1)c1ccc(F)c(F)c1Br. The van der Waals surface area contributed by atoms with E-state index in [0.29, 0.717) is 0 Å². The average Bonchev–Trinajstić information content (AvgIpc) is 2.69. The monoisotopic (exact) mass is 329 g/mol. The fraction of sp³-hybridized carbons (Fsp3) is 0.467. The highest BCUT2D eigenvalue weighted by Crippen LogP contribution is 2.34. The molecule has 1 N–H and O–H groups in total. The maximum atomic E-state index is 13.7. The Morgan fingerprint density at radius 3 is 2.74 bits per heavy atom. The molecule has 1 atom stereocenters. The summed E-state index contributed by atoms with van der Waals surface area (Å²) in [7, 11) is 1.85. The zero-order valence-electron chi connectivity index (χ0n) is 11.0. The summed E-state index contributed by atoms with van der Waals surface area (Å²) in [6, 6.07) is 2.79. The van der Waals surface area contributed by atoms with Crippen LogP contribution in [0.2, 0.25) is 0 Å². The molecule has 0 spiro atoms. The number of likely N-dealkylation sites (N-methyl/N-ethyl adjacent to an activating group) is 1. The number of nitrogens with one attached hydrogen (secondary N) is 1. The zero-order valence-corrected chi connectivity index (χ0v) is 12.6. The van der Waals surface area contributed by atoms with Gasteiger partial charge in [0.15, 0.2) is 11.6 Å². The number of hydrogen-bond acceptors (Lipinski definition) is 1. The van der Waals surface area contributed by atoms with Crippen molar-refractivity contribution >= 4 is 15.9 Å². The number of benzene rings is 1. The summed E-state index contributed by atoms with van der Waals surface area (Å²) in [5.74, 6) is -1.63. The molecule has 2 rings (SSSR count). The fourth-order valence-corrected chi connectivity index (χ4v) is 3.16. The summed E-state index contributed by atoms with van der Waals surface area (Å²) >= 11 is 3.18. The molecule has 1 aromatic rings. The lowest BCUT2D eigenvalue weighted by atomic mass is 9.95. The first kappa shape index (κ1) is 14.7. The van der Waals surface area contributed by atoms with E-state index in [0.717, 1.165) is 24.8 Å². The van der Waals surface area contributed by atoms with Crippen LogP contribution in [-0.4, -0.2) is 7.05 Å². The molecular formula is C15H18BrF2N. The van der Waals surface area contributed by atoms with Gasteiger partial charge in [0.25, 0.3) is 0 Å². The van der Waals surface area contributed by atoms with Gasteiger partial charge in [0.1, 0.15) is 0 Å². The first-order valence-corrected chi connectivity index (χ1v) is 7.44. The molecular weight excluding hydrogens is 312 g/mol. The Morgan fingerprint density at radius 2 is 2.00 bits per heavy atom. The second-order valence-corrected chi connectivity index (χ2v) is 5.66. The van der Waals surface area contributed by atoms with Gasteiger partial charge >= 0.3 is 0 Å². The van der Waals surface area contributed by atoms with Crippen LogP contribution in [0.25, 0.3) is 0 Å². The molecule has 0 aromatic heterocycles. The van der Waals surface area contributed by atoms with E-state index in [-0.39, 0.29) is 10.5 Å². The van der Waals surface area contributed by atoms with Crippen molar-refractivity contribution in [2.45, 2.75) is 38.1 Å². The summed E-state index contributed by atoms with van der Waals surface area (Å²) in [5.41, 5.74) is 2.03. The molecule has 104 valence electrons. The van der Waals surface area contributed by atoms with Gasteiger partial charge in [-0.3, -0.25) is 0 Å². The van der Waals surface area contributed by atoms with Crippen molar-refractivity contribution in [1.82, 2.24) is 5.32 Å². The van der Waals surface area contributed by atoms with Crippen LogP contribution in [0.5, 0.6) is 0 Å². The van der Waals surface area contributed by atoms with Gasteiger partial charge < -0.3 is 5.32 Å². The van der Waals surface area contributed by atoms with Crippen LogP contribution in [0.15, 0.2) is 28.3 Å². The van der Waals surface area contributed by atoms with E-state index in [1.54, 1.807) is 6.07 Å². The maximum absolute atomic E-state index is 13.7. The van der Waals surface area contributed by atoms with Crippen LogP contribution in [-0.2, 0) is 0 Å². The molecule has 0 saturated heterocycles. The van der Waals surface area contributed by atoms with Gasteiger partial charge in [-0.25, -0.2) is 8.78 Å². The van der Waals surface area contributed by atoms with Crippen molar-refractivity contribution in [2.24, 2.45) is 0 Å². The van der Waals surface area contributed by atoms with Crippen molar-refractivity contribution in [3.63, 3.8) is 0 Å². The van der Waals surface area contributed by atoms with Crippen molar-refractivity contribution in [3.05, 3.63) is 45.5 Å². The van der Waals surface area contributed by atoms with Gasteiger partial charge in [-0.1, -0.05) is 24.1 Å². The van der Waals surface area contributed by atoms with E-state index in [4.69, 9.17) is 0 Å². The minimum atomic E-state index is -0.819. The van der Waals surface area contributed by atoms with E-state index in [1.807, 2.05) is 7.05 Å². The molecule has 1 aliphatic rings. The highest BCUT2D eigenvalue weighted by molar-refractivity contribution is 9.10. The molecule has 0 saturated carbocycles. The number of allylic oxidation sites excluding steroid dienone is 1. The Balaban J connectivity index is 2.36. The molecule has 1 unspecified atom stereocenters. The summed E-state index contributed by atoms with van der Waals surface area (Å²) < 4.78 is 27.1. The molecule has 1 aromatic carbocycles. The smallest absolute Gasteiger partial charge is 0.173 e. The number of hydrogen-bond donors (Lipinski definition) is 1. The Kier molecular flexibility index (Phi) is 5.11. The van der Waals surface area contributed by atoms with Crippen LogP contribution in [0.1, 0.15) is 43.7 Å². The second-order valence-electron chi connectivity index (χ2n) is 4.86. The lowest BCUT2D eigenvalue weighted by Crippen LogP contribution is -2.19. The predicted molar refractivity (Wildman–Crippen MR) is 77.0 cm³/mol. The van der Waals surface area contributed by atoms with Crippen LogP contribution in [0.3, 0.4) is 0 Å². The van der Waals surface area contributed by atoms with E-state index in [1.165, 1.54) is 24.5 Å². The van der Waals surface area contributed by atoms with Crippen molar-refractivity contribution in [1.29, 1.82) is 0 Å². The molecule has 0 heterocycles. The lowest BCUT2D eigenvalue weighted by molar-refractivity contribution is 0.498. The summed E-state index contributed by atoms with van der Waals surface area (Å²) in [4.78, 5) is 0. The Bertz CT molecular complexity index is 485. The van der Waals surface area contributed by atoms with Crippen molar-refractivity contribution in [2.75, 3.05) is 7.05 Å². The number of halogens is 3. The second kappa shape index (κ2) is 6.62. The van der Waals surface area contributed by atoms with Gasteiger partial charge in [0, 0.05) is 0 Å². The van der Waals surface area contributed by atoms with E-state index in [2.05, 4.69) is 27.3 Å². The van der Waals surface area contributed by atoms with Crippen molar-refractivity contribution in [3.8, 4) is 0 Å². The standard InChI is InChI=1S/C15H18BrF2N/c1-19-15(10-6-4-2-3-5-7-10)11-8-9-12(17)14(18)13(11)16/h6,8-9,15,19H,2-5,7H2,1H3. The van der Waals surface area contributed by atoms with Crippen LogP contribution >= 0.6 is 15.9 Å². The molecule has 0 amide bonds. The molecule has 0 fully saturated rings. The third-order valence-corrected chi connectivity index (χ3v) is 4.42. The molecule has 0 radical (unpaired) electrons. The van der Waals surface area contributed by atoms with Gasteiger partial charge in [0.05, 0.1) is 10.5 Å². The number of rotatable bonds is 3. The highest BCUT2D eigenvalue weighted by Gasteiger charge is 2.21. The van der Waals surface area contributed by atoms with Crippen LogP contribution in [0, 0.1) is 11.6 Å². The van der Waals surface area contributed by atoms with Gasteiger partial charge in [0.2, 0.25) is 0 Å². The van der Waals surface area contributed by atoms with Gasteiger partial charge in [-0.05, 0) is 60.3 Å². The third-order valence-electron chi connectivity index (χ3n) is 3.61. The minimum absolute atomic E-state index is 0.0532. The van der Waals surface area contributed by atoms with Gasteiger partial charge in [-0.2, -0.15) is 0 Å². The molecule has 0 bridgehead atoms. The van der Waals surface area contributed by atoms with E-state index >= 15 is 0 Å². The highest BCUT2D eigenvalue weighted by atomic mass is 79.9. The molecule has 1 aliphatic carbocycles. The topological polar surface area (TPSA) is 12.0 Å². The lowest BCUT2D eigenvalue weighted by Gasteiger charge is -2.21. The molecule has 4 heteroatoms. The fourth-order valence-electron chi connectivity index (χ4n) is 2.61. The summed E-state index contributed by atoms with van der Waals surface area (Å²) in [6.45, 7) is 0. The average molecular weight is 330 g/mol. The maximum Gasteiger partial charge on any atom is 0.173 e. The Morgan fingerprint density at radius 1 is 1.21 bits per heavy atom. The van der Waals surface area contributed by atoms with Crippen molar-refractivity contribution < 1.29 is 8.78 Å². The Hall–Kier alpha value is -0.740. The quantitative estimate of drug-likeness (QED) is 0.615. The largest absolute Gasteiger partial charge is 0.310 e. The molecule has 0 aliphatic heterocycles. The normalized spacial score (nSPS) is 17.8. The first-order valence-electron chi connectivity index (χ1n) is 6.64. The summed E-state index contributed by atoms with van der Waals surface area (Å²) in [5, 5.41) is 3.22. The summed E-state index contributed by atoms with van der Waals surface area (Å²) in [6.07, 6.45) is 7.91. The third kappa shape index (κ3) is 3.23. The molecule has 1 nitrogen and oxygen atoms in total. The van der Waals surface area contributed by atoms with Crippen LogP contribution < -0.4 is 5.32 Å².